The molecule has 0 fully saturated rings. The second kappa shape index (κ2) is 7.24. The van der Waals surface area contributed by atoms with E-state index < -0.39 is 0 Å². The number of carbonyl (C=O) groups excluding carboxylic acids is 1. The van der Waals surface area contributed by atoms with Crippen LogP contribution < -0.4 is 5.32 Å². The van der Waals surface area contributed by atoms with E-state index >= 15 is 0 Å². The average Bonchev–Trinajstić information content (AvgIpc) is 2.37. The second-order valence-electron chi connectivity index (χ2n) is 4.95. The first-order chi connectivity index (χ1) is 8.95. The summed E-state index contributed by atoms with van der Waals surface area (Å²) in [5.41, 5.74) is 0.944. The Hall–Kier alpha value is -1.42. The van der Waals surface area contributed by atoms with Crippen molar-refractivity contribution in [3.8, 4) is 0 Å². The number of ether oxygens (including phenoxy) is 1. The van der Waals surface area contributed by atoms with Crippen molar-refractivity contribution in [2.24, 2.45) is 5.92 Å². The van der Waals surface area contributed by atoms with Crippen LogP contribution >= 0.6 is 0 Å². The van der Waals surface area contributed by atoms with E-state index in [4.69, 9.17) is 4.74 Å². The maximum atomic E-state index is 13.2. The lowest BCUT2D eigenvalue weighted by molar-refractivity contribution is 0.0806. The van der Waals surface area contributed by atoms with Gasteiger partial charge >= 0.3 is 0 Å². The number of amides is 1. The molecule has 0 spiro atoms. The molecular formula is C15H22FNO2. The van der Waals surface area contributed by atoms with E-state index in [1.54, 1.807) is 13.0 Å². The molecule has 0 radical (unpaired) electrons. The zero-order chi connectivity index (χ0) is 14.4. The van der Waals surface area contributed by atoms with Crippen LogP contribution in [0.1, 0.15) is 36.7 Å². The van der Waals surface area contributed by atoms with E-state index in [2.05, 4.69) is 5.32 Å². The van der Waals surface area contributed by atoms with E-state index in [9.17, 15) is 9.18 Å². The van der Waals surface area contributed by atoms with Gasteiger partial charge in [-0.3, -0.25) is 4.79 Å². The van der Waals surface area contributed by atoms with Crippen molar-refractivity contribution < 1.29 is 13.9 Å². The zero-order valence-corrected chi connectivity index (χ0v) is 12.0. The molecule has 0 aliphatic carbocycles. The van der Waals surface area contributed by atoms with E-state index in [0.29, 0.717) is 24.3 Å². The highest BCUT2D eigenvalue weighted by Gasteiger charge is 2.17. The van der Waals surface area contributed by atoms with Gasteiger partial charge in [-0.2, -0.15) is 0 Å². The van der Waals surface area contributed by atoms with Crippen LogP contribution in [0.15, 0.2) is 18.2 Å². The van der Waals surface area contributed by atoms with Gasteiger partial charge in [0.1, 0.15) is 5.82 Å². The summed E-state index contributed by atoms with van der Waals surface area (Å²) < 4.78 is 18.5. The van der Waals surface area contributed by atoms with E-state index in [1.807, 2.05) is 20.8 Å². The van der Waals surface area contributed by atoms with Gasteiger partial charge in [0.15, 0.2) is 0 Å². The lowest BCUT2D eigenvalue weighted by atomic mass is 10.0. The Labute approximate surface area is 114 Å². The van der Waals surface area contributed by atoms with Crippen molar-refractivity contribution in [3.63, 3.8) is 0 Å². The third kappa shape index (κ3) is 4.63. The molecule has 1 amide bonds. The molecule has 3 nitrogen and oxygen atoms in total. The fourth-order valence-corrected chi connectivity index (χ4v) is 1.68. The van der Waals surface area contributed by atoms with Crippen molar-refractivity contribution in [3.05, 3.63) is 35.1 Å². The molecule has 0 aromatic heterocycles. The van der Waals surface area contributed by atoms with Gasteiger partial charge < -0.3 is 10.1 Å². The average molecular weight is 267 g/mol. The molecule has 1 N–H and O–H groups in total. The van der Waals surface area contributed by atoms with Gasteiger partial charge in [0.25, 0.3) is 5.91 Å². The lowest BCUT2D eigenvalue weighted by Crippen LogP contribution is -2.41. The molecule has 1 aromatic rings. The van der Waals surface area contributed by atoms with Crippen LogP contribution in [0, 0.1) is 18.7 Å². The molecule has 1 aromatic carbocycles. The molecule has 4 heteroatoms. The van der Waals surface area contributed by atoms with Crippen LogP contribution in [-0.2, 0) is 4.74 Å². The van der Waals surface area contributed by atoms with Crippen LogP contribution in [0.2, 0.25) is 0 Å². The van der Waals surface area contributed by atoms with Crippen LogP contribution in [0.25, 0.3) is 0 Å². The third-order valence-electron chi connectivity index (χ3n) is 3.04. The summed E-state index contributed by atoms with van der Waals surface area (Å²) >= 11 is 0. The summed E-state index contributed by atoms with van der Waals surface area (Å²) in [6.45, 7) is 8.73. The predicted molar refractivity (Wildman–Crippen MR) is 73.7 cm³/mol. The Balaban J connectivity index is 2.73. The number of nitrogens with one attached hydrogen (secondary N) is 1. The van der Waals surface area contributed by atoms with Gasteiger partial charge in [-0.1, -0.05) is 13.8 Å². The van der Waals surface area contributed by atoms with Crippen molar-refractivity contribution in [1.29, 1.82) is 0 Å². The fraction of sp³-hybridized carbons (Fsp3) is 0.533. The largest absolute Gasteiger partial charge is 0.380 e. The minimum atomic E-state index is -0.300. The molecule has 0 saturated heterocycles. The number of hydrogen-bond donors (Lipinski definition) is 1. The van der Waals surface area contributed by atoms with E-state index in [1.165, 1.54) is 12.1 Å². The van der Waals surface area contributed by atoms with Crippen LogP contribution in [-0.4, -0.2) is 25.2 Å². The number of carbonyl (C=O) groups is 1. The summed E-state index contributed by atoms with van der Waals surface area (Å²) in [6.07, 6.45) is 0. The first-order valence-electron chi connectivity index (χ1n) is 6.60. The molecule has 0 heterocycles. The molecule has 1 unspecified atom stereocenters. The first kappa shape index (κ1) is 15.6. The molecule has 0 aliphatic heterocycles. The molecule has 1 rings (SSSR count). The van der Waals surface area contributed by atoms with Gasteiger partial charge in [-0.05, 0) is 43.5 Å². The topological polar surface area (TPSA) is 38.3 Å². The third-order valence-corrected chi connectivity index (χ3v) is 3.04. The number of halogens is 1. The maximum absolute atomic E-state index is 13.2. The number of hydrogen-bond acceptors (Lipinski definition) is 2. The Kier molecular flexibility index (Phi) is 5.96. The summed E-state index contributed by atoms with van der Waals surface area (Å²) in [4.78, 5) is 12.1. The monoisotopic (exact) mass is 267 g/mol. The van der Waals surface area contributed by atoms with Gasteiger partial charge in [0.2, 0.25) is 0 Å². The molecular weight excluding hydrogens is 245 g/mol. The predicted octanol–water partition coefficient (Wildman–Crippen LogP) is 2.93. The molecule has 106 valence electrons. The maximum Gasteiger partial charge on any atom is 0.251 e. The van der Waals surface area contributed by atoms with Gasteiger partial charge in [-0.25, -0.2) is 4.39 Å². The highest BCUT2D eigenvalue weighted by Crippen LogP contribution is 2.10. The highest BCUT2D eigenvalue weighted by atomic mass is 19.1. The minimum absolute atomic E-state index is 0.0437. The van der Waals surface area contributed by atoms with Crippen LogP contribution in [0.4, 0.5) is 4.39 Å². The first-order valence-corrected chi connectivity index (χ1v) is 6.60. The molecule has 0 bridgehead atoms. The minimum Gasteiger partial charge on any atom is -0.380 e. The van der Waals surface area contributed by atoms with Crippen LogP contribution in [0.3, 0.4) is 0 Å². The zero-order valence-electron chi connectivity index (χ0n) is 12.0. The number of rotatable bonds is 6. The molecule has 1 atom stereocenters. The van der Waals surface area contributed by atoms with E-state index in [0.717, 1.165) is 0 Å². The fourth-order valence-electron chi connectivity index (χ4n) is 1.68. The van der Waals surface area contributed by atoms with Crippen molar-refractivity contribution >= 4 is 5.91 Å². The van der Waals surface area contributed by atoms with Crippen molar-refractivity contribution in [2.75, 3.05) is 13.2 Å². The Morgan fingerprint density at radius 2 is 2.11 bits per heavy atom. The van der Waals surface area contributed by atoms with Gasteiger partial charge in [0.05, 0.1) is 12.6 Å². The van der Waals surface area contributed by atoms with Gasteiger partial charge in [-0.15, -0.1) is 0 Å². The summed E-state index contributed by atoms with van der Waals surface area (Å²) in [7, 11) is 0. The Bertz CT molecular complexity index is 432. The Morgan fingerprint density at radius 1 is 1.42 bits per heavy atom. The molecule has 0 saturated carbocycles. The van der Waals surface area contributed by atoms with Crippen LogP contribution in [0.5, 0.6) is 0 Å². The SMILES string of the molecule is CCOCC(NC(=O)c1ccc(F)c(C)c1)C(C)C. The molecule has 0 aliphatic rings. The summed E-state index contributed by atoms with van der Waals surface area (Å²) in [6, 6.07) is 4.33. The van der Waals surface area contributed by atoms with Gasteiger partial charge in [0, 0.05) is 12.2 Å². The Morgan fingerprint density at radius 3 is 2.63 bits per heavy atom. The smallest absolute Gasteiger partial charge is 0.251 e. The quantitative estimate of drug-likeness (QED) is 0.860. The summed E-state index contributed by atoms with van der Waals surface area (Å²) in [5.74, 6) is -0.218. The lowest BCUT2D eigenvalue weighted by Gasteiger charge is -2.22. The molecule has 19 heavy (non-hydrogen) atoms. The number of benzene rings is 1. The summed E-state index contributed by atoms with van der Waals surface area (Å²) in [5, 5.41) is 2.93. The van der Waals surface area contributed by atoms with E-state index in [-0.39, 0.29) is 23.7 Å². The second-order valence-corrected chi connectivity index (χ2v) is 4.95. The highest BCUT2D eigenvalue weighted by molar-refractivity contribution is 5.94. The standard InChI is InChI=1S/C15H22FNO2/c1-5-19-9-14(10(2)3)17-15(18)12-6-7-13(16)11(4)8-12/h6-8,10,14H,5,9H2,1-4H3,(H,17,18). The number of aryl methyl sites for hydroxylation is 1. The van der Waals surface area contributed by atoms with Crippen molar-refractivity contribution in [1.82, 2.24) is 5.32 Å². The normalized spacial score (nSPS) is 12.5. The van der Waals surface area contributed by atoms with Crippen molar-refractivity contribution in [2.45, 2.75) is 33.7 Å².